The molecule has 0 bridgehead atoms. The largest absolute Gasteiger partial charge is 0.444 e. The van der Waals surface area contributed by atoms with E-state index in [1.54, 1.807) is 11.2 Å². The van der Waals surface area contributed by atoms with Gasteiger partial charge in [0.2, 0.25) is 11.8 Å². The molecule has 1 fully saturated rings. The summed E-state index contributed by atoms with van der Waals surface area (Å²) in [5.41, 5.74) is 2.93. The normalized spacial score (nSPS) is 17.9. The highest BCUT2D eigenvalue weighted by molar-refractivity contribution is 5.81. The number of likely N-dealkylation sites (tertiary alicyclic amines) is 1. The number of carbonyl (C=O) groups excluding carboxylic acids is 1. The van der Waals surface area contributed by atoms with Gasteiger partial charge in [0.25, 0.3) is 0 Å². The number of hydrogen-bond acceptors (Lipinski definition) is 4. The monoisotopic (exact) mass is 369 g/mol. The summed E-state index contributed by atoms with van der Waals surface area (Å²) < 4.78 is 5.59. The van der Waals surface area contributed by atoms with E-state index >= 15 is 0 Å². The van der Waals surface area contributed by atoms with Crippen LogP contribution >= 0.6 is 0 Å². The lowest BCUT2D eigenvalue weighted by molar-refractivity contribution is -0.132. The molecule has 27 heavy (non-hydrogen) atoms. The summed E-state index contributed by atoms with van der Waals surface area (Å²) in [5, 5.41) is 6.66. The van der Waals surface area contributed by atoms with Crippen molar-refractivity contribution < 1.29 is 9.21 Å². The van der Waals surface area contributed by atoms with Gasteiger partial charge in [-0.15, -0.1) is 0 Å². The molecule has 7 nitrogen and oxygen atoms in total. The van der Waals surface area contributed by atoms with Crippen molar-refractivity contribution in [1.82, 2.24) is 20.5 Å². The SMILES string of the molecule is CCNC(=NCc1coc(-c2ccc(C)cc2)n1)NC1CCC(=O)N(C)C1. The summed E-state index contributed by atoms with van der Waals surface area (Å²) in [6.07, 6.45) is 3.03. The number of benzene rings is 1. The van der Waals surface area contributed by atoms with Crippen molar-refractivity contribution in [1.29, 1.82) is 0 Å². The van der Waals surface area contributed by atoms with Crippen molar-refractivity contribution >= 4 is 11.9 Å². The molecule has 1 saturated heterocycles. The Bertz CT molecular complexity index is 797. The molecule has 1 aliphatic heterocycles. The Labute approximate surface area is 159 Å². The van der Waals surface area contributed by atoms with Gasteiger partial charge in [-0.25, -0.2) is 9.98 Å². The summed E-state index contributed by atoms with van der Waals surface area (Å²) in [7, 11) is 1.84. The van der Waals surface area contributed by atoms with Gasteiger partial charge in [0.1, 0.15) is 12.0 Å². The minimum Gasteiger partial charge on any atom is -0.444 e. The van der Waals surface area contributed by atoms with Gasteiger partial charge in [0.15, 0.2) is 5.96 Å². The molecular weight excluding hydrogens is 342 g/mol. The number of hydrogen-bond donors (Lipinski definition) is 2. The summed E-state index contributed by atoms with van der Waals surface area (Å²) in [5.74, 6) is 1.52. The van der Waals surface area contributed by atoms with Gasteiger partial charge in [0, 0.05) is 38.2 Å². The molecule has 7 heteroatoms. The Balaban J connectivity index is 1.63. The van der Waals surface area contributed by atoms with Crippen molar-refractivity contribution in [2.24, 2.45) is 4.99 Å². The first-order chi connectivity index (χ1) is 13.0. The number of carbonyl (C=O) groups is 1. The molecule has 3 rings (SSSR count). The van der Waals surface area contributed by atoms with Gasteiger partial charge < -0.3 is 20.0 Å². The number of rotatable bonds is 5. The molecule has 1 aromatic carbocycles. The average Bonchev–Trinajstić information content (AvgIpc) is 3.12. The van der Waals surface area contributed by atoms with Crippen LogP contribution in [0, 0.1) is 6.92 Å². The molecule has 144 valence electrons. The zero-order valence-corrected chi connectivity index (χ0v) is 16.2. The molecule has 1 amide bonds. The van der Waals surface area contributed by atoms with E-state index in [-0.39, 0.29) is 11.9 Å². The molecule has 0 radical (unpaired) electrons. The first-order valence-corrected chi connectivity index (χ1v) is 9.35. The average molecular weight is 369 g/mol. The second kappa shape index (κ2) is 8.70. The number of oxazole rings is 1. The number of amides is 1. The Hall–Kier alpha value is -2.83. The van der Waals surface area contributed by atoms with Crippen molar-refractivity contribution in [2.75, 3.05) is 20.1 Å². The fourth-order valence-electron chi connectivity index (χ4n) is 3.01. The molecule has 1 atom stereocenters. The van der Waals surface area contributed by atoms with Gasteiger partial charge in [-0.3, -0.25) is 4.79 Å². The van der Waals surface area contributed by atoms with E-state index in [0.717, 1.165) is 30.2 Å². The van der Waals surface area contributed by atoms with Gasteiger partial charge in [-0.05, 0) is 32.4 Å². The molecule has 2 heterocycles. The number of nitrogens with one attached hydrogen (secondary N) is 2. The third-order valence-electron chi connectivity index (χ3n) is 4.56. The highest BCUT2D eigenvalue weighted by Crippen LogP contribution is 2.19. The van der Waals surface area contributed by atoms with Crippen LogP contribution in [-0.4, -0.2) is 47.9 Å². The summed E-state index contributed by atoms with van der Waals surface area (Å²) in [4.78, 5) is 22.5. The van der Waals surface area contributed by atoms with Gasteiger partial charge in [0.05, 0.1) is 6.54 Å². The molecule has 1 aromatic heterocycles. The predicted octanol–water partition coefficient (Wildman–Crippen LogP) is 2.33. The van der Waals surface area contributed by atoms with Crippen LogP contribution in [0.2, 0.25) is 0 Å². The van der Waals surface area contributed by atoms with Crippen molar-refractivity contribution in [3.05, 3.63) is 41.8 Å². The van der Waals surface area contributed by atoms with Crippen LogP contribution in [0.5, 0.6) is 0 Å². The third-order valence-corrected chi connectivity index (χ3v) is 4.56. The van der Waals surface area contributed by atoms with Crippen molar-refractivity contribution in [3.63, 3.8) is 0 Å². The van der Waals surface area contributed by atoms with E-state index in [4.69, 9.17) is 4.42 Å². The van der Waals surface area contributed by atoms with E-state index in [9.17, 15) is 4.79 Å². The Kier molecular flexibility index (Phi) is 6.11. The molecular formula is C20H27N5O2. The summed E-state index contributed by atoms with van der Waals surface area (Å²) in [6, 6.07) is 8.28. The molecule has 0 saturated carbocycles. The van der Waals surface area contributed by atoms with E-state index < -0.39 is 0 Å². The van der Waals surface area contributed by atoms with E-state index in [0.29, 0.717) is 25.4 Å². The molecule has 1 unspecified atom stereocenters. The maximum atomic E-state index is 11.6. The fraction of sp³-hybridized carbons (Fsp3) is 0.450. The number of piperidine rings is 1. The van der Waals surface area contributed by atoms with Gasteiger partial charge >= 0.3 is 0 Å². The number of aliphatic imine (C=N–C) groups is 1. The molecule has 1 aliphatic rings. The van der Waals surface area contributed by atoms with Crippen LogP contribution in [0.15, 0.2) is 39.9 Å². The number of likely N-dealkylation sites (N-methyl/N-ethyl adjacent to an activating group) is 1. The Morgan fingerprint density at radius 1 is 1.37 bits per heavy atom. The highest BCUT2D eigenvalue weighted by atomic mass is 16.3. The number of nitrogens with zero attached hydrogens (tertiary/aromatic N) is 3. The van der Waals surface area contributed by atoms with Crippen LogP contribution in [0.1, 0.15) is 31.0 Å². The second-order valence-corrected chi connectivity index (χ2v) is 6.86. The van der Waals surface area contributed by atoms with Crippen molar-refractivity contribution in [3.8, 4) is 11.5 Å². The van der Waals surface area contributed by atoms with Crippen LogP contribution in [0.25, 0.3) is 11.5 Å². The highest BCUT2D eigenvalue weighted by Gasteiger charge is 2.23. The van der Waals surface area contributed by atoms with E-state index in [1.807, 2.05) is 38.2 Å². The van der Waals surface area contributed by atoms with Gasteiger partial charge in [-0.2, -0.15) is 0 Å². The molecule has 2 N–H and O–H groups in total. The Morgan fingerprint density at radius 2 is 2.15 bits per heavy atom. The predicted molar refractivity (Wildman–Crippen MR) is 105 cm³/mol. The summed E-state index contributed by atoms with van der Waals surface area (Å²) in [6.45, 7) is 5.95. The quantitative estimate of drug-likeness (QED) is 0.624. The fourth-order valence-corrected chi connectivity index (χ4v) is 3.01. The maximum Gasteiger partial charge on any atom is 0.226 e. The second-order valence-electron chi connectivity index (χ2n) is 6.86. The van der Waals surface area contributed by atoms with Gasteiger partial charge in [-0.1, -0.05) is 17.7 Å². The lowest BCUT2D eigenvalue weighted by Gasteiger charge is -2.31. The zero-order valence-electron chi connectivity index (χ0n) is 16.2. The first-order valence-electron chi connectivity index (χ1n) is 9.35. The number of aryl methyl sites for hydroxylation is 1. The van der Waals surface area contributed by atoms with E-state index in [1.165, 1.54) is 5.56 Å². The van der Waals surface area contributed by atoms with Crippen LogP contribution in [0.4, 0.5) is 0 Å². The number of guanidine groups is 1. The molecule has 0 aliphatic carbocycles. The summed E-state index contributed by atoms with van der Waals surface area (Å²) >= 11 is 0. The molecule has 0 spiro atoms. The van der Waals surface area contributed by atoms with Crippen LogP contribution in [0.3, 0.4) is 0 Å². The smallest absolute Gasteiger partial charge is 0.226 e. The lowest BCUT2D eigenvalue weighted by Crippen LogP contribution is -2.51. The minimum atomic E-state index is 0.196. The first kappa shape index (κ1) is 18.9. The Morgan fingerprint density at radius 3 is 2.85 bits per heavy atom. The van der Waals surface area contributed by atoms with Crippen molar-refractivity contribution in [2.45, 2.75) is 39.3 Å². The number of aromatic nitrogens is 1. The minimum absolute atomic E-state index is 0.196. The lowest BCUT2D eigenvalue weighted by atomic mass is 10.1. The zero-order chi connectivity index (χ0) is 19.2. The van der Waals surface area contributed by atoms with E-state index in [2.05, 4.69) is 27.5 Å². The third kappa shape index (κ3) is 5.09. The maximum absolute atomic E-state index is 11.6. The molecule has 2 aromatic rings. The standard InChI is InChI=1S/C20H27N5O2/c1-4-21-20(24-16-9-10-18(26)25(3)12-16)22-11-17-13-27-19(23-17)15-7-5-14(2)6-8-15/h5-8,13,16H,4,9-12H2,1-3H3,(H2,21,22,24). The van der Waals surface area contributed by atoms with Crippen LogP contribution < -0.4 is 10.6 Å². The topological polar surface area (TPSA) is 82.8 Å². The van der Waals surface area contributed by atoms with Crippen LogP contribution in [-0.2, 0) is 11.3 Å².